The first-order chi connectivity index (χ1) is 10.6. The molecule has 2 rings (SSSR count). The van der Waals surface area contributed by atoms with Crippen LogP contribution in [0, 0.1) is 0 Å². The molecule has 2 aromatic carbocycles. The van der Waals surface area contributed by atoms with Gasteiger partial charge in [-0.25, -0.2) is 0 Å². The Morgan fingerprint density at radius 1 is 1.05 bits per heavy atom. The topological polar surface area (TPSA) is 70.8 Å². The average molecular weight is 301 g/mol. The lowest BCUT2D eigenvalue weighted by Gasteiger charge is -2.17. The van der Waals surface area contributed by atoms with Gasteiger partial charge in [-0.05, 0) is 37.3 Å². The monoisotopic (exact) mass is 301 g/mol. The molecular weight excluding hydrogens is 282 g/mol. The largest absolute Gasteiger partial charge is 0.497 e. The summed E-state index contributed by atoms with van der Waals surface area (Å²) in [7, 11) is 3.06. The molecule has 2 N–H and O–H groups in total. The lowest BCUT2D eigenvalue weighted by Crippen LogP contribution is -2.24. The molecule has 5 nitrogen and oxygen atoms in total. The first-order valence-electron chi connectivity index (χ1n) is 6.84. The molecule has 0 aliphatic carbocycles. The third-order valence-electron chi connectivity index (χ3n) is 3.26. The van der Waals surface area contributed by atoms with Gasteiger partial charge in [0.25, 0.3) is 0 Å². The van der Waals surface area contributed by atoms with E-state index in [1.165, 1.54) is 7.11 Å². The van der Waals surface area contributed by atoms with Crippen LogP contribution in [-0.2, 0) is 0 Å². The Kier molecular flexibility index (Phi) is 4.88. The molecule has 0 radical (unpaired) electrons. The van der Waals surface area contributed by atoms with E-state index in [0.717, 1.165) is 0 Å². The van der Waals surface area contributed by atoms with Crippen LogP contribution < -0.4 is 19.9 Å². The second kappa shape index (κ2) is 6.85. The molecule has 0 fully saturated rings. The third-order valence-corrected chi connectivity index (χ3v) is 3.26. The van der Waals surface area contributed by atoms with Crippen molar-refractivity contribution in [2.24, 2.45) is 0 Å². The fourth-order valence-corrected chi connectivity index (χ4v) is 2.06. The maximum absolute atomic E-state index is 12.6. The van der Waals surface area contributed by atoms with E-state index in [1.54, 1.807) is 56.5 Å². The van der Waals surface area contributed by atoms with Crippen molar-refractivity contribution in [3.8, 4) is 17.2 Å². The standard InChI is InChI=1S/C17H19NO4/c1-11(22-16-7-5-4-6-14(16)18)17(19)13-10-12(20-2)8-9-15(13)21-3/h4-11H,18H2,1-3H3. The van der Waals surface area contributed by atoms with Crippen molar-refractivity contribution >= 4 is 11.5 Å². The number of ketones is 1. The van der Waals surface area contributed by atoms with Crippen LogP contribution >= 0.6 is 0 Å². The number of benzene rings is 2. The van der Waals surface area contributed by atoms with Crippen LogP contribution in [-0.4, -0.2) is 26.1 Å². The van der Waals surface area contributed by atoms with Crippen LogP contribution in [0.4, 0.5) is 5.69 Å². The molecule has 5 heteroatoms. The van der Waals surface area contributed by atoms with Crippen LogP contribution in [0.25, 0.3) is 0 Å². The molecule has 0 amide bonds. The minimum absolute atomic E-state index is 0.209. The molecule has 2 aromatic rings. The molecule has 0 saturated heterocycles. The van der Waals surface area contributed by atoms with Crippen LogP contribution in [0.15, 0.2) is 42.5 Å². The van der Waals surface area contributed by atoms with Gasteiger partial charge in [-0.2, -0.15) is 0 Å². The van der Waals surface area contributed by atoms with Crippen LogP contribution in [0.2, 0.25) is 0 Å². The van der Waals surface area contributed by atoms with Crippen molar-refractivity contribution < 1.29 is 19.0 Å². The van der Waals surface area contributed by atoms with Gasteiger partial charge in [0.2, 0.25) is 5.78 Å². The molecule has 0 spiro atoms. The first-order valence-corrected chi connectivity index (χ1v) is 6.84. The number of para-hydroxylation sites is 2. The summed E-state index contributed by atoms with van der Waals surface area (Å²) in [6.45, 7) is 1.67. The summed E-state index contributed by atoms with van der Waals surface area (Å²) in [4.78, 5) is 12.6. The van der Waals surface area contributed by atoms with Gasteiger partial charge < -0.3 is 19.9 Å². The fraction of sp³-hybridized carbons (Fsp3) is 0.235. The summed E-state index contributed by atoms with van der Waals surface area (Å²) in [6, 6.07) is 12.1. The van der Waals surface area contributed by atoms with Gasteiger partial charge >= 0.3 is 0 Å². The van der Waals surface area contributed by atoms with E-state index in [4.69, 9.17) is 19.9 Å². The Morgan fingerprint density at radius 2 is 1.77 bits per heavy atom. The molecule has 0 aliphatic heterocycles. The summed E-state index contributed by atoms with van der Waals surface area (Å²) < 4.78 is 16.0. The van der Waals surface area contributed by atoms with Crippen molar-refractivity contribution in [3.05, 3.63) is 48.0 Å². The molecule has 0 saturated carbocycles. The molecule has 0 bridgehead atoms. The van der Waals surface area contributed by atoms with E-state index in [1.807, 2.05) is 0 Å². The highest BCUT2D eigenvalue weighted by atomic mass is 16.5. The minimum Gasteiger partial charge on any atom is -0.497 e. The smallest absolute Gasteiger partial charge is 0.206 e. The highest BCUT2D eigenvalue weighted by molar-refractivity contribution is 6.02. The molecule has 1 unspecified atom stereocenters. The van der Waals surface area contributed by atoms with Gasteiger partial charge in [0, 0.05) is 0 Å². The number of hydrogen-bond acceptors (Lipinski definition) is 5. The van der Waals surface area contributed by atoms with Crippen molar-refractivity contribution in [1.82, 2.24) is 0 Å². The Bertz CT molecular complexity index is 669. The molecule has 0 heterocycles. The van der Waals surface area contributed by atoms with Crippen LogP contribution in [0.5, 0.6) is 17.2 Å². The van der Waals surface area contributed by atoms with E-state index in [-0.39, 0.29) is 5.78 Å². The maximum Gasteiger partial charge on any atom is 0.206 e. The number of rotatable bonds is 6. The van der Waals surface area contributed by atoms with Gasteiger partial charge in [-0.1, -0.05) is 12.1 Å². The zero-order valence-corrected chi connectivity index (χ0v) is 12.8. The van der Waals surface area contributed by atoms with Crippen molar-refractivity contribution in [2.45, 2.75) is 13.0 Å². The average Bonchev–Trinajstić information content (AvgIpc) is 2.55. The van der Waals surface area contributed by atoms with E-state index < -0.39 is 6.10 Å². The number of nitrogen functional groups attached to an aromatic ring is 1. The second-order valence-corrected chi connectivity index (χ2v) is 4.73. The maximum atomic E-state index is 12.6. The van der Waals surface area contributed by atoms with Gasteiger partial charge in [-0.15, -0.1) is 0 Å². The number of anilines is 1. The summed E-state index contributed by atoms with van der Waals surface area (Å²) in [5, 5.41) is 0. The zero-order chi connectivity index (χ0) is 16.1. The van der Waals surface area contributed by atoms with Gasteiger partial charge in [-0.3, -0.25) is 4.79 Å². The molecule has 116 valence electrons. The van der Waals surface area contributed by atoms with Gasteiger partial charge in [0.05, 0.1) is 25.5 Å². The predicted molar refractivity (Wildman–Crippen MR) is 84.8 cm³/mol. The van der Waals surface area contributed by atoms with Gasteiger partial charge in [0.1, 0.15) is 17.2 Å². The number of Topliss-reactive ketones (excluding diaryl/α,β-unsaturated/α-hetero) is 1. The Labute approximate surface area is 129 Å². The van der Waals surface area contributed by atoms with Crippen molar-refractivity contribution in [1.29, 1.82) is 0 Å². The number of carbonyl (C=O) groups excluding carboxylic acids is 1. The number of nitrogens with two attached hydrogens (primary N) is 1. The second-order valence-electron chi connectivity index (χ2n) is 4.73. The summed E-state index contributed by atoms with van der Waals surface area (Å²) in [6.07, 6.45) is -0.703. The Morgan fingerprint density at radius 3 is 2.41 bits per heavy atom. The zero-order valence-electron chi connectivity index (χ0n) is 12.8. The van der Waals surface area contributed by atoms with Crippen molar-refractivity contribution in [3.63, 3.8) is 0 Å². The Hall–Kier alpha value is -2.69. The number of carbonyl (C=O) groups is 1. The highest BCUT2D eigenvalue weighted by Crippen LogP contribution is 2.27. The fourth-order valence-electron chi connectivity index (χ4n) is 2.06. The molecule has 1 atom stereocenters. The lowest BCUT2D eigenvalue weighted by atomic mass is 10.1. The summed E-state index contributed by atoms with van der Waals surface area (Å²) in [5.41, 5.74) is 6.72. The molecule has 0 aliphatic rings. The molecule has 22 heavy (non-hydrogen) atoms. The minimum atomic E-state index is -0.703. The van der Waals surface area contributed by atoms with Crippen LogP contribution in [0.1, 0.15) is 17.3 Å². The predicted octanol–water partition coefficient (Wildman–Crippen LogP) is 2.94. The normalized spacial score (nSPS) is 11.6. The lowest BCUT2D eigenvalue weighted by molar-refractivity contribution is 0.0816. The van der Waals surface area contributed by atoms with E-state index in [2.05, 4.69) is 0 Å². The van der Waals surface area contributed by atoms with E-state index >= 15 is 0 Å². The summed E-state index contributed by atoms with van der Waals surface area (Å²) in [5.74, 6) is 1.32. The molecular formula is C17H19NO4. The Balaban J connectivity index is 2.25. The quantitative estimate of drug-likeness (QED) is 0.656. The van der Waals surface area contributed by atoms with Crippen LogP contribution in [0.3, 0.4) is 0 Å². The first kappa shape index (κ1) is 15.7. The molecule has 0 aromatic heterocycles. The number of methoxy groups -OCH3 is 2. The summed E-state index contributed by atoms with van der Waals surface area (Å²) >= 11 is 0. The van der Waals surface area contributed by atoms with E-state index in [0.29, 0.717) is 28.5 Å². The van der Waals surface area contributed by atoms with E-state index in [9.17, 15) is 4.79 Å². The number of ether oxygens (including phenoxy) is 3. The SMILES string of the molecule is COc1ccc(OC)c(C(=O)C(C)Oc2ccccc2N)c1. The van der Waals surface area contributed by atoms with Gasteiger partial charge in [0.15, 0.2) is 6.10 Å². The third kappa shape index (κ3) is 3.31. The van der Waals surface area contributed by atoms with Crippen molar-refractivity contribution in [2.75, 3.05) is 20.0 Å². The number of hydrogen-bond donors (Lipinski definition) is 1. The highest BCUT2D eigenvalue weighted by Gasteiger charge is 2.22.